The normalized spacial score (nSPS) is 19.1. The molecule has 0 bridgehead atoms. The van der Waals surface area contributed by atoms with Crippen molar-refractivity contribution in [3.63, 3.8) is 0 Å². The van der Waals surface area contributed by atoms with E-state index in [1.165, 1.54) is 11.3 Å². The molecule has 88 valence electrons. The summed E-state index contributed by atoms with van der Waals surface area (Å²) in [5.74, 6) is 0.847. The van der Waals surface area contributed by atoms with Gasteiger partial charge in [0.1, 0.15) is 11.3 Å². The molecule has 0 saturated carbocycles. The number of nitrogens with zero attached hydrogens (tertiary/aromatic N) is 1. The lowest BCUT2D eigenvalue weighted by molar-refractivity contribution is 0.418. The number of methoxy groups -OCH3 is 1. The second-order valence-corrected chi connectivity index (χ2v) is 4.63. The number of nitrogens with two attached hydrogens (primary N) is 1. The number of aryl methyl sites for hydroxylation is 1. The Morgan fingerprint density at radius 1 is 1.41 bits per heavy atom. The van der Waals surface area contributed by atoms with E-state index in [2.05, 4.69) is 12.1 Å². The number of para-hydroxylation sites is 1. The molecule has 1 heterocycles. The third-order valence-corrected chi connectivity index (χ3v) is 3.43. The fourth-order valence-electron chi connectivity index (χ4n) is 2.52. The molecule has 0 radical (unpaired) electrons. The van der Waals surface area contributed by atoms with Crippen molar-refractivity contribution in [3.05, 3.63) is 35.5 Å². The molecule has 1 aliphatic rings. The molecule has 3 nitrogen and oxygen atoms in total. The van der Waals surface area contributed by atoms with Gasteiger partial charge in [0, 0.05) is 17.1 Å². The maximum atomic E-state index is 6.00. The Morgan fingerprint density at radius 3 is 3.12 bits per heavy atom. The highest BCUT2D eigenvalue weighted by Crippen LogP contribution is 2.28. The molecule has 2 N–H and O–H groups in total. The summed E-state index contributed by atoms with van der Waals surface area (Å²) in [7, 11) is 1.69. The number of hydrogen-bond acceptors (Lipinski definition) is 3. The van der Waals surface area contributed by atoms with Crippen molar-refractivity contribution in [3.8, 4) is 5.75 Å². The topological polar surface area (TPSA) is 48.1 Å². The third-order valence-electron chi connectivity index (χ3n) is 3.43. The maximum Gasteiger partial charge on any atom is 0.145 e. The van der Waals surface area contributed by atoms with Crippen LogP contribution in [0.4, 0.5) is 0 Å². The van der Waals surface area contributed by atoms with Crippen LogP contribution in [0.15, 0.2) is 24.3 Å². The highest BCUT2D eigenvalue weighted by atomic mass is 16.5. The quantitative estimate of drug-likeness (QED) is 0.812. The monoisotopic (exact) mass is 228 g/mol. The van der Waals surface area contributed by atoms with E-state index >= 15 is 0 Å². The van der Waals surface area contributed by atoms with E-state index < -0.39 is 0 Å². The molecular weight excluding hydrogens is 212 g/mol. The van der Waals surface area contributed by atoms with Crippen molar-refractivity contribution >= 4 is 10.9 Å². The summed E-state index contributed by atoms with van der Waals surface area (Å²) >= 11 is 0. The van der Waals surface area contributed by atoms with Crippen LogP contribution < -0.4 is 10.5 Å². The zero-order valence-electron chi connectivity index (χ0n) is 9.94. The summed E-state index contributed by atoms with van der Waals surface area (Å²) in [5.41, 5.74) is 9.44. The van der Waals surface area contributed by atoms with Gasteiger partial charge in [0.05, 0.1) is 7.11 Å². The first-order valence-corrected chi connectivity index (χ1v) is 5.99. The Balaban J connectivity index is 2.21. The van der Waals surface area contributed by atoms with Crippen LogP contribution in [0.5, 0.6) is 5.75 Å². The summed E-state index contributed by atoms with van der Waals surface area (Å²) in [6, 6.07) is 8.52. The van der Waals surface area contributed by atoms with Gasteiger partial charge in [-0.25, -0.2) is 4.98 Å². The molecule has 0 saturated heterocycles. The molecule has 1 aromatic heterocycles. The van der Waals surface area contributed by atoms with Crippen LogP contribution in [0.3, 0.4) is 0 Å². The van der Waals surface area contributed by atoms with Gasteiger partial charge in [-0.05, 0) is 37.0 Å². The minimum atomic E-state index is 0.285. The van der Waals surface area contributed by atoms with Crippen LogP contribution in [0.25, 0.3) is 10.9 Å². The van der Waals surface area contributed by atoms with Crippen LogP contribution in [0, 0.1) is 0 Å². The second-order valence-electron chi connectivity index (χ2n) is 4.63. The predicted molar refractivity (Wildman–Crippen MR) is 68.3 cm³/mol. The lowest BCUT2D eigenvalue weighted by Crippen LogP contribution is -2.28. The van der Waals surface area contributed by atoms with Crippen LogP contribution >= 0.6 is 0 Å². The number of fused-ring (bicyclic) bond motifs is 2. The number of ether oxygens (including phenoxy) is 1. The van der Waals surface area contributed by atoms with Crippen LogP contribution in [-0.4, -0.2) is 18.1 Å². The fraction of sp³-hybridized carbons (Fsp3) is 0.357. The summed E-state index contributed by atoms with van der Waals surface area (Å²) < 4.78 is 5.35. The van der Waals surface area contributed by atoms with Gasteiger partial charge in [-0.15, -0.1) is 0 Å². The van der Waals surface area contributed by atoms with Crippen molar-refractivity contribution < 1.29 is 4.74 Å². The minimum absolute atomic E-state index is 0.285. The summed E-state index contributed by atoms with van der Waals surface area (Å²) in [4.78, 5) is 4.74. The molecule has 0 amide bonds. The predicted octanol–water partition coefficient (Wildman–Crippen LogP) is 2.06. The van der Waals surface area contributed by atoms with Crippen molar-refractivity contribution in [2.45, 2.75) is 25.3 Å². The van der Waals surface area contributed by atoms with E-state index in [-0.39, 0.29) is 6.04 Å². The summed E-state index contributed by atoms with van der Waals surface area (Å²) in [6.45, 7) is 0. The number of aromatic nitrogens is 1. The first-order chi connectivity index (χ1) is 8.28. The molecule has 1 unspecified atom stereocenters. The fourth-order valence-corrected chi connectivity index (χ4v) is 2.52. The molecule has 1 atom stereocenters. The van der Waals surface area contributed by atoms with Gasteiger partial charge in [-0.1, -0.05) is 12.1 Å². The number of pyridine rings is 1. The molecule has 1 aliphatic carbocycles. The smallest absolute Gasteiger partial charge is 0.145 e. The van der Waals surface area contributed by atoms with E-state index in [9.17, 15) is 0 Å². The van der Waals surface area contributed by atoms with Crippen molar-refractivity contribution in [2.24, 2.45) is 5.73 Å². The lowest BCUT2D eigenvalue weighted by Gasteiger charge is -2.21. The Morgan fingerprint density at radius 2 is 2.29 bits per heavy atom. The summed E-state index contributed by atoms with van der Waals surface area (Å²) in [5, 5.41) is 1.14. The van der Waals surface area contributed by atoms with Crippen LogP contribution in [0.1, 0.15) is 17.7 Å². The van der Waals surface area contributed by atoms with Gasteiger partial charge < -0.3 is 10.5 Å². The van der Waals surface area contributed by atoms with Gasteiger partial charge in [-0.3, -0.25) is 0 Å². The van der Waals surface area contributed by atoms with E-state index in [4.69, 9.17) is 15.5 Å². The SMILES string of the molecule is COc1cccc2cc3c(nc12)CCC(N)C3. The second kappa shape index (κ2) is 4.00. The maximum absolute atomic E-state index is 6.00. The van der Waals surface area contributed by atoms with E-state index in [1.807, 2.05) is 12.1 Å². The van der Waals surface area contributed by atoms with E-state index in [0.717, 1.165) is 35.9 Å². The highest BCUT2D eigenvalue weighted by molar-refractivity contribution is 5.85. The number of benzene rings is 1. The average Bonchev–Trinajstić information content (AvgIpc) is 2.35. The molecule has 1 aromatic carbocycles. The molecule has 17 heavy (non-hydrogen) atoms. The number of rotatable bonds is 1. The lowest BCUT2D eigenvalue weighted by atomic mass is 9.91. The first kappa shape index (κ1) is 10.5. The molecule has 3 heteroatoms. The Labute approximate surface area is 101 Å². The Bertz CT molecular complexity index is 565. The van der Waals surface area contributed by atoms with Crippen molar-refractivity contribution in [1.82, 2.24) is 4.98 Å². The van der Waals surface area contributed by atoms with Gasteiger partial charge in [0.15, 0.2) is 0 Å². The molecule has 2 aromatic rings. The van der Waals surface area contributed by atoms with Gasteiger partial charge >= 0.3 is 0 Å². The molecular formula is C14H16N2O. The highest BCUT2D eigenvalue weighted by Gasteiger charge is 2.18. The zero-order valence-corrected chi connectivity index (χ0v) is 9.94. The molecule has 0 aliphatic heterocycles. The van der Waals surface area contributed by atoms with Gasteiger partial charge in [0.25, 0.3) is 0 Å². The largest absolute Gasteiger partial charge is 0.494 e. The van der Waals surface area contributed by atoms with Crippen molar-refractivity contribution in [1.29, 1.82) is 0 Å². The molecule has 3 rings (SSSR count). The standard InChI is InChI=1S/C14H16N2O/c1-17-13-4-2-3-9-7-10-8-11(15)5-6-12(10)16-14(9)13/h2-4,7,11H,5-6,8,15H2,1H3. The van der Waals surface area contributed by atoms with E-state index in [1.54, 1.807) is 7.11 Å². The van der Waals surface area contributed by atoms with Crippen molar-refractivity contribution in [2.75, 3.05) is 7.11 Å². The molecule has 0 fully saturated rings. The van der Waals surface area contributed by atoms with E-state index in [0.29, 0.717) is 0 Å². The Kier molecular flexibility index (Phi) is 2.48. The summed E-state index contributed by atoms with van der Waals surface area (Å²) in [6.07, 6.45) is 2.95. The van der Waals surface area contributed by atoms with Crippen LogP contribution in [0.2, 0.25) is 0 Å². The third kappa shape index (κ3) is 1.76. The number of hydrogen-bond donors (Lipinski definition) is 1. The van der Waals surface area contributed by atoms with Gasteiger partial charge in [-0.2, -0.15) is 0 Å². The Hall–Kier alpha value is -1.61. The van der Waals surface area contributed by atoms with Gasteiger partial charge in [0.2, 0.25) is 0 Å². The minimum Gasteiger partial charge on any atom is -0.494 e. The first-order valence-electron chi connectivity index (χ1n) is 5.99. The van der Waals surface area contributed by atoms with Crippen LogP contribution in [-0.2, 0) is 12.8 Å². The zero-order chi connectivity index (χ0) is 11.8. The average molecular weight is 228 g/mol. The molecule has 0 spiro atoms.